The van der Waals surface area contributed by atoms with Crippen LogP contribution in [0.3, 0.4) is 0 Å². The lowest BCUT2D eigenvalue weighted by molar-refractivity contribution is 0.0174. The predicted molar refractivity (Wildman–Crippen MR) is 93.0 cm³/mol. The Labute approximate surface area is 140 Å². The number of aliphatic imine (C=N–C) groups is 1. The molecule has 0 radical (unpaired) electrons. The molecule has 4 fully saturated rings. The van der Waals surface area contributed by atoms with E-state index < -0.39 is 0 Å². The first-order valence-corrected chi connectivity index (χ1v) is 9.14. The molecule has 4 aliphatic heterocycles. The van der Waals surface area contributed by atoms with Crippen molar-refractivity contribution >= 4 is 5.96 Å². The van der Waals surface area contributed by atoms with E-state index in [0.29, 0.717) is 6.04 Å². The maximum absolute atomic E-state index is 5.39. The Hall–Kier alpha value is -0.890. The summed E-state index contributed by atoms with van der Waals surface area (Å²) >= 11 is 0. The Morgan fingerprint density at radius 1 is 1.09 bits per heavy atom. The third-order valence-electron chi connectivity index (χ3n) is 5.02. The second kappa shape index (κ2) is 8.82. The number of morpholine rings is 1. The first-order valence-electron chi connectivity index (χ1n) is 9.14. The number of fused-ring (bicyclic) bond motifs is 3. The van der Waals surface area contributed by atoms with E-state index in [1.165, 1.54) is 32.7 Å². The molecular formula is C16H32N6O. The number of hydrogen-bond acceptors (Lipinski definition) is 5. The average Bonchev–Trinajstić information content (AvgIpc) is 2.61. The van der Waals surface area contributed by atoms with Crippen molar-refractivity contribution < 1.29 is 4.74 Å². The molecule has 0 spiro atoms. The molecule has 1 unspecified atom stereocenters. The maximum atomic E-state index is 5.39. The van der Waals surface area contributed by atoms with Crippen LogP contribution in [0.5, 0.6) is 0 Å². The van der Waals surface area contributed by atoms with Gasteiger partial charge in [0.1, 0.15) is 0 Å². The highest BCUT2D eigenvalue weighted by atomic mass is 16.5. The van der Waals surface area contributed by atoms with E-state index in [-0.39, 0.29) is 0 Å². The number of guanidine groups is 1. The molecule has 23 heavy (non-hydrogen) atoms. The molecule has 2 bridgehead atoms. The number of nitrogens with zero attached hydrogens (tertiary/aromatic N) is 4. The highest BCUT2D eigenvalue weighted by molar-refractivity contribution is 5.79. The lowest BCUT2D eigenvalue weighted by Gasteiger charge is -2.47. The Kier molecular flexibility index (Phi) is 6.50. The fourth-order valence-electron chi connectivity index (χ4n) is 3.59. The average molecular weight is 324 g/mol. The summed E-state index contributed by atoms with van der Waals surface area (Å²) in [5.74, 6) is 0.957. The zero-order valence-electron chi connectivity index (χ0n) is 14.5. The van der Waals surface area contributed by atoms with Crippen LogP contribution in [-0.2, 0) is 4.74 Å². The van der Waals surface area contributed by atoms with Crippen molar-refractivity contribution in [3.05, 3.63) is 0 Å². The lowest BCUT2D eigenvalue weighted by Crippen LogP contribution is -2.62. The van der Waals surface area contributed by atoms with Crippen molar-refractivity contribution in [2.24, 2.45) is 4.99 Å². The van der Waals surface area contributed by atoms with Crippen molar-refractivity contribution in [1.29, 1.82) is 0 Å². The molecule has 132 valence electrons. The molecule has 0 aliphatic carbocycles. The second-order valence-electron chi connectivity index (χ2n) is 6.59. The van der Waals surface area contributed by atoms with E-state index in [2.05, 4.69) is 32.3 Å². The summed E-state index contributed by atoms with van der Waals surface area (Å²) in [5, 5.41) is 6.84. The molecule has 1 atom stereocenters. The molecule has 4 rings (SSSR count). The van der Waals surface area contributed by atoms with E-state index >= 15 is 0 Å². The number of ether oxygens (including phenoxy) is 1. The van der Waals surface area contributed by atoms with E-state index in [1.54, 1.807) is 0 Å². The number of hydrogen-bond donors (Lipinski definition) is 2. The zero-order valence-corrected chi connectivity index (χ0v) is 14.5. The van der Waals surface area contributed by atoms with Crippen LogP contribution in [0.15, 0.2) is 4.99 Å². The van der Waals surface area contributed by atoms with Crippen LogP contribution >= 0.6 is 0 Å². The van der Waals surface area contributed by atoms with Crippen LogP contribution in [0.1, 0.15) is 6.92 Å². The molecular weight excluding hydrogens is 292 g/mol. The topological polar surface area (TPSA) is 55.4 Å². The van der Waals surface area contributed by atoms with Gasteiger partial charge in [-0.1, -0.05) is 0 Å². The number of piperazine rings is 3. The van der Waals surface area contributed by atoms with E-state index in [9.17, 15) is 0 Å². The van der Waals surface area contributed by atoms with Crippen LogP contribution in [0.4, 0.5) is 0 Å². The van der Waals surface area contributed by atoms with Crippen molar-refractivity contribution in [2.75, 3.05) is 85.2 Å². The van der Waals surface area contributed by atoms with Gasteiger partial charge in [0.15, 0.2) is 5.96 Å². The molecule has 7 heteroatoms. The summed E-state index contributed by atoms with van der Waals surface area (Å²) in [5.41, 5.74) is 0. The van der Waals surface area contributed by atoms with E-state index in [4.69, 9.17) is 9.73 Å². The number of nitrogens with one attached hydrogen (secondary N) is 2. The van der Waals surface area contributed by atoms with Gasteiger partial charge < -0.3 is 15.4 Å². The van der Waals surface area contributed by atoms with Crippen LogP contribution in [0.2, 0.25) is 0 Å². The van der Waals surface area contributed by atoms with Gasteiger partial charge in [-0.15, -0.1) is 0 Å². The molecule has 4 heterocycles. The smallest absolute Gasteiger partial charge is 0.191 e. The molecule has 2 N–H and O–H groups in total. The predicted octanol–water partition coefficient (Wildman–Crippen LogP) is -1.13. The van der Waals surface area contributed by atoms with Crippen molar-refractivity contribution in [2.45, 2.75) is 13.0 Å². The van der Waals surface area contributed by atoms with Gasteiger partial charge in [0.25, 0.3) is 0 Å². The molecule has 0 aromatic carbocycles. The van der Waals surface area contributed by atoms with Gasteiger partial charge in [-0.05, 0) is 6.92 Å². The number of rotatable bonds is 6. The lowest BCUT2D eigenvalue weighted by atomic mass is 10.1. The highest BCUT2D eigenvalue weighted by Gasteiger charge is 2.31. The largest absolute Gasteiger partial charge is 0.379 e. The monoisotopic (exact) mass is 324 g/mol. The summed E-state index contributed by atoms with van der Waals surface area (Å²) in [6, 6.07) is 0.590. The van der Waals surface area contributed by atoms with Gasteiger partial charge >= 0.3 is 0 Å². The van der Waals surface area contributed by atoms with Gasteiger partial charge in [0.05, 0.1) is 19.8 Å². The summed E-state index contributed by atoms with van der Waals surface area (Å²) in [7, 11) is 0. The molecule has 0 saturated carbocycles. The van der Waals surface area contributed by atoms with Crippen molar-refractivity contribution in [1.82, 2.24) is 25.3 Å². The molecule has 0 aromatic rings. The van der Waals surface area contributed by atoms with Gasteiger partial charge in [-0.3, -0.25) is 19.7 Å². The zero-order chi connectivity index (χ0) is 15.9. The Morgan fingerprint density at radius 3 is 2.52 bits per heavy atom. The van der Waals surface area contributed by atoms with Crippen LogP contribution in [0, 0.1) is 0 Å². The van der Waals surface area contributed by atoms with Gasteiger partial charge in [-0.2, -0.15) is 0 Å². The third kappa shape index (κ3) is 5.04. The van der Waals surface area contributed by atoms with Crippen molar-refractivity contribution in [3.63, 3.8) is 0 Å². The normalized spacial score (nSPS) is 32.0. The van der Waals surface area contributed by atoms with E-state index in [0.717, 1.165) is 58.4 Å². The minimum Gasteiger partial charge on any atom is -0.379 e. The summed E-state index contributed by atoms with van der Waals surface area (Å²) < 4.78 is 5.39. The Morgan fingerprint density at radius 2 is 1.87 bits per heavy atom. The SMILES string of the molecule is CCNC(=NCC1CN2CCN1CC2)NCCN1CCOCC1. The fourth-order valence-corrected chi connectivity index (χ4v) is 3.59. The maximum Gasteiger partial charge on any atom is 0.191 e. The van der Waals surface area contributed by atoms with Gasteiger partial charge in [0.2, 0.25) is 0 Å². The minimum absolute atomic E-state index is 0.590. The van der Waals surface area contributed by atoms with Gasteiger partial charge in [-0.25, -0.2) is 0 Å². The quantitative estimate of drug-likeness (QED) is 0.477. The molecule has 0 amide bonds. The molecule has 4 aliphatic rings. The standard InChI is InChI=1S/C16H32N6O/c1-2-17-16(18-3-4-20-9-11-23-12-10-20)19-13-15-14-21-5-7-22(15)8-6-21/h15H,2-14H2,1H3,(H2,17,18,19). The third-order valence-corrected chi connectivity index (χ3v) is 5.02. The summed E-state index contributed by atoms with van der Waals surface area (Å²) in [4.78, 5) is 12.4. The molecule has 4 saturated heterocycles. The summed E-state index contributed by atoms with van der Waals surface area (Å²) in [6.07, 6.45) is 0. The Balaban J connectivity index is 1.41. The van der Waals surface area contributed by atoms with Crippen LogP contribution in [0.25, 0.3) is 0 Å². The van der Waals surface area contributed by atoms with Crippen molar-refractivity contribution in [3.8, 4) is 0 Å². The highest BCUT2D eigenvalue weighted by Crippen LogP contribution is 2.15. The first kappa shape index (κ1) is 17.0. The minimum atomic E-state index is 0.590. The van der Waals surface area contributed by atoms with E-state index in [1.807, 2.05) is 0 Å². The van der Waals surface area contributed by atoms with Crippen LogP contribution < -0.4 is 10.6 Å². The molecule has 7 nitrogen and oxygen atoms in total. The first-order chi connectivity index (χ1) is 11.3. The Bertz CT molecular complexity index is 377. The molecule has 0 aromatic heterocycles. The van der Waals surface area contributed by atoms with Crippen LogP contribution in [-0.4, -0.2) is 112 Å². The van der Waals surface area contributed by atoms with Gasteiger partial charge in [0, 0.05) is 71.5 Å². The fraction of sp³-hybridized carbons (Fsp3) is 0.938. The second-order valence-corrected chi connectivity index (χ2v) is 6.59. The summed E-state index contributed by atoms with van der Waals surface area (Å²) in [6.45, 7) is 15.8.